The fourth-order valence-corrected chi connectivity index (χ4v) is 2.91. The molecule has 0 fully saturated rings. The molecule has 1 heterocycles. The van der Waals surface area contributed by atoms with Crippen LogP contribution >= 0.6 is 0 Å². The number of aryl methyl sites for hydroxylation is 1. The van der Waals surface area contributed by atoms with Gasteiger partial charge in [-0.2, -0.15) is 0 Å². The van der Waals surface area contributed by atoms with Crippen LogP contribution in [0.2, 0.25) is 0 Å². The highest BCUT2D eigenvalue weighted by Gasteiger charge is 2.24. The van der Waals surface area contributed by atoms with E-state index in [-0.39, 0.29) is 5.91 Å². The molecule has 118 valence electrons. The maximum absolute atomic E-state index is 12.3. The van der Waals surface area contributed by atoms with Crippen LogP contribution < -0.4 is 10.1 Å². The van der Waals surface area contributed by atoms with Crippen LogP contribution in [0.25, 0.3) is 11.6 Å². The molecule has 0 saturated carbocycles. The summed E-state index contributed by atoms with van der Waals surface area (Å²) in [4.78, 5) is 12.3. The Labute approximate surface area is 137 Å². The Kier molecular flexibility index (Phi) is 3.95. The monoisotopic (exact) mass is 307 g/mol. The van der Waals surface area contributed by atoms with E-state index in [9.17, 15) is 4.79 Å². The number of ether oxygens (including phenoxy) is 1. The van der Waals surface area contributed by atoms with Crippen molar-refractivity contribution >= 4 is 23.2 Å². The van der Waals surface area contributed by atoms with Crippen LogP contribution in [0.1, 0.15) is 42.0 Å². The zero-order valence-corrected chi connectivity index (χ0v) is 13.9. The molecular weight excluding hydrogens is 286 g/mol. The van der Waals surface area contributed by atoms with E-state index in [1.807, 2.05) is 43.3 Å². The largest absolute Gasteiger partial charge is 0.496 e. The number of carbonyl (C=O) groups excluding carboxylic acids is 1. The van der Waals surface area contributed by atoms with Crippen LogP contribution in [0.5, 0.6) is 5.75 Å². The topological polar surface area (TPSA) is 38.3 Å². The van der Waals surface area contributed by atoms with Gasteiger partial charge in [0.05, 0.1) is 7.11 Å². The number of anilines is 1. The summed E-state index contributed by atoms with van der Waals surface area (Å²) >= 11 is 0. The second kappa shape index (κ2) is 5.92. The van der Waals surface area contributed by atoms with Crippen LogP contribution in [0, 0.1) is 6.92 Å². The maximum Gasteiger partial charge on any atom is 0.256 e. The lowest BCUT2D eigenvalue weighted by molar-refractivity contribution is -0.110. The first kappa shape index (κ1) is 15.3. The van der Waals surface area contributed by atoms with Gasteiger partial charge in [-0.15, -0.1) is 0 Å². The van der Waals surface area contributed by atoms with Gasteiger partial charge in [-0.25, -0.2) is 0 Å². The molecule has 1 aliphatic rings. The zero-order valence-electron chi connectivity index (χ0n) is 13.9. The van der Waals surface area contributed by atoms with Gasteiger partial charge in [-0.1, -0.05) is 31.5 Å². The summed E-state index contributed by atoms with van der Waals surface area (Å²) in [5.74, 6) is 1.19. The fraction of sp³-hybridized carbons (Fsp3) is 0.250. The Morgan fingerprint density at radius 1 is 1.13 bits per heavy atom. The van der Waals surface area contributed by atoms with Crippen LogP contribution in [-0.4, -0.2) is 13.0 Å². The minimum atomic E-state index is -0.0486. The lowest BCUT2D eigenvalue weighted by Crippen LogP contribution is -2.03. The average Bonchev–Trinajstić information content (AvgIpc) is 2.83. The first-order valence-electron chi connectivity index (χ1n) is 7.81. The molecule has 1 N–H and O–H groups in total. The molecule has 0 aliphatic carbocycles. The predicted molar refractivity (Wildman–Crippen MR) is 94.8 cm³/mol. The van der Waals surface area contributed by atoms with Gasteiger partial charge in [-0.3, -0.25) is 4.79 Å². The number of benzene rings is 2. The van der Waals surface area contributed by atoms with E-state index in [2.05, 4.69) is 25.2 Å². The van der Waals surface area contributed by atoms with Gasteiger partial charge < -0.3 is 10.1 Å². The molecule has 23 heavy (non-hydrogen) atoms. The third-order valence-corrected chi connectivity index (χ3v) is 4.14. The van der Waals surface area contributed by atoms with Crippen LogP contribution in [-0.2, 0) is 4.79 Å². The second-order valence-corrected chi connectivity index (χ2v) is 6.22. The molecule has 2 aromatic rings. The van der Waals surface area contributed by atoms with Gasteiger partial charge in [0.15, 0.2) is 0 Å². The predicted octanol–water partition coefficient (Wildman–Crippen LogP) is 4.62. The van der Waals surface area contributed by atoms with Crippen molar-refractivity contribution in [2.24, 2.45) is 0 Å². The number of hydrogen-bond acceptors (Lipinski definition) is 2. The van der Waals surface area contributed by atoms with E-state index in [1.165, 1.54) is 0 Å². The standard InChI is InChI=1S/C20H21NO2/c1-12(2)15-10-14(6-8-19(15)23-4)11-17-16-9-13(3)5-7-18(16)21-20(17)22/h5-12H,1-4H3,(H,21,22)/b17-11+. The molecule has 0 bridgehead atoms. The Bertz CT molecular complexity index is 803. The molecule has 1 aliphatic heterocycles. The van der Waals surface area contributed by atoms with E-state index in [0.717, 1.165) is 33.7 Å². The van der Waals surface area contributed by atoms with Gasteiger partial charge in [0.2, 0.25) is 0 Å². The van der Waals surface area contributed by atoms with Gasteiger partial charge in [-0.05, 0) is 54.3 Å². The summed E-state index contributed by atoms with van der Waals surface area (Å²) in [6.07, 6.45) is 1.95. The van der Waals surface area contributed by atoms with Crippen molar-refractivity contribution in [3.05, 3.63) is 58.7 Å². The van der Waals surface area contributed by atoms with Crippen molar-refractivity contribution in [1.29, 1.82) is 0 Å². The summed E-state index contributed by atoms with van der Waals surface area (Å²) in [7, 11) is 1.68. The molecule has 0 atom stereocenters. The minimum absolute atomic E-state index is 0.0486. The van der Waals surface area contributed by atoms with Crippen LogP contribution in [0.4, 0.5) is 5.69 Å². The van der Waals surface area contributed by atoms with Crippen molar-refractivity contribution in [3.63, 3.8) is 0 Å². The van der Waals surface area contributed by atoms with Crippen molar-refractivity contribution in [2.75, 3.05) is 12.4 Å². The first-order valence-corrected chi connectivity index (χ1v) is 7.81. The second-order valence-electron chi connectivity index (χ2n) is 6.22. The maximum atomic E-state index is 12.3. The highest BCUT2D eigenvalue weighted by atomic mass is 16.5. The molecule has 0 radical (unpaired) electrons. The Hall–Kier alpha value is -2.55. The minimum Gasteiger partial charge on any atom is -0.496 e. The Morgan fingerprint density at radius 3 is 2.61 bits per heavy atom. The van der Waals surface area contributed by atoms with E-state index >= 15 is 0 Å². The Morgan fingerprint density at radius 2 is 1.91 bits per heavy atom. The third kappa shape index (κ3) is 2.87. The molecule has 2 aromatic carbocycles. The number of carbonyl (C=O) groups is 1. The number of hydrogen-bond donors (Lipinski definition) is 1. The van der Waals surface area contributed by atoms with Crippen molar-refractivity contribution in [3.8, 4) is 5.75 Å². The molecule has 0 saturated heterocycles. The molecule has 1 amide bonds. The van der Waals surface area contributed by atoms with E-state index in [1.54, 1.807) is 7.11 Å². The molecule has 0 unspecified atom stereocenters. The van der Waals surface area contributed by atoms with Crippen molar-refractivity contribution in [2.45, 2.75) is 26.7 Å². The number of rotatable bonds is 3. The van der Waals surface area contributed by atoms with Gasteiger partial charge in [0.1, 0.15) is 5.75 Å². The van der Waals surface area contributed by atoms with Crippen molar-refractivity contribution < 1.29 is 9.53 Å². The smallest absolute Gasteiger partial charge is 0.256 e. The molecule has 3 heteroatoms. The van der Waals surface area contributed by atoms with Crippen LogP contribution in [0.15, 0.2) is 36.4 Å². The summed E-state index contributed by atoms with van der Waals surface area (Å²) in [6, 6.07) is 12.1. The van der Waals surface area contributed by atoms with Gasteiger partial charge >= 0.3 is 0 Å². The number of nitrogens with one attached hydrogen (secondary N) is 1. The Balaban J connectivity index is 2.08. The summed E-state index contributed by atoms with van der Waals surface area (Å²) in [6.45, 7) is 6.30. The van der Waals surface area contributed by atoms with E-state index in [4.69, 9.17) is 4.74 Å². The summed E-state index contributed by atoms with van der Waals surface area (Å²) < 4.78 is 5.42. The summed E-state index contributed by atoms with van der Waals surface area (Å²) in [5.41, 5.74) is 5.85. The van der Waals surface area contributed by atoms with Crippen molar-refractivity contribution in [1.82, 2.24) is 0 Å². The molecule has 0 aromatic heterocycles. The first-order chi connectivity index (χ1) is 11.0. The molecule has 3 nitrogen and oxygen atoms in total. The fourth-order valence-electron chi connectivity index (χ4n) is 2.91. The quantitative estimate of drug-likeness (QED) is 0.840. The molecule has 3 rings (SSSR count). The lowest BCUT2D eigenvalue weighted by atomic mass is 9.97. The number of amides is 1. The SMILES string of the molecule is COc1ccc(/C=C2/C(=O)Nc3ccc(C)cc32)cc1C(C)C. The third-order valence-electron chi connectivity index (χ3n) is 4.14. The average molecular weight is 307 g/mol. The normalized spacial score (nSPS) is 15.0. The highest BCUT2D eigenvalue weighted by Crippen LogP contribution is 2.35. The van der Waals surface area contributed by atoms with E-state index in [0.29, 0.717) is 11.5 Å². The zero-order chi connectivity index (χ0) is 16.6. The number of fused-ring (bicyclic) bond motifs is 1. The molecular formula is C20H21NO2. The van der Waals surface area contributed by atoms with Gasteiger partial charge in [0.25, 0.3) is 5.91 Å². The molecule has 0 spiro atoms. The van der Waals surface area contributed by atoms with Gasteiger partial charge in [0, 0.05) is 16.8 Å². The highest BCUT2D eigenvalue weighted by molar-refractivity contribution is 6.34. The number of methoxy groups -OCH3 is 1. The lowest BCUT2D eigenvalue weighted by Gasteiger charge is -2.12. The van der Waals surface area contributed by atoms with E-state index < -0.39 is 0 Å². The van der Waals surface area contributed by atoms with Crippen LogP contribution in [0.3, 0.4) is 0 Å². The summed E-state index contributed by atoms with van der Waals surface area (Å²) in [5, 5.41) is 2.92.